The van der Waals surface area contributed by atoms with E-state index >= 15 is 0 Å². The van der Waals surface area contributed by atoms with E-state index in [1.54, 1.807) is 6.07 Å². The Hall–Kier alpha value is -2.29. The molecule has 0 aliphatic heterocycles. The molecular weight excluding hydrogens is 467 g/mol. The molecule has 0 aliphatic carbocycles. The fourth-order valence-electron chi connectivity index (χ4n) is 2.77. The number of benzene rings is 2. The molecule has 2 rings (SSSR count). The molecule has 0 unspecified atom stereocenters. The number of nitrogens with two attached hydrogens (primary N) is 1. The largest absolute Gasteiger partial charge is 0.492 e. The number of carbonyl (C=O) groups is 1. The third-order valence-electron chi connectivity index (χ3n) is 4.05. The first-order valence-electron chi connectivity index (χ1n) is 9.21. The average molecular weight is 496 g/mol. The number of guanidine groups is 1. The molecule has 0 bridgehead atoms. The van der Waals surface area contributed by atoms with Crippen LogP contribution in [-0.4, -0.2) is 25.0 Å². The summed E-state index contributed by atoms with van der Waals surface area (Å²) in [5.41, 5.74) is 10.2. The van der Waals surface area contributed by atoms with E-state index in [2.05, 4.69) is 47.7 Å². The number of halogens is 1. The second-order valence-electron chi connectivity index (χ2n) is 6.11. The van der Waals surface area contributed by atoms with Crippen molar-refractivity contribution in [2.24, 2.45) is 10.7 Å². The quantitative estimate of drug-likeness (QED) is 0.221. The molecule has 2 aromatic rings. The maximum atomic E-state index is 11.1. The van der Waals surface area contributed by atoms with Crippen molar-refractivity contribution >= 4 is 47.2 Å². The third-order valence-corrected chi connectivity index (χ3v) is 4.05. The van der Waals surface area contributed by atoms with E-state index in [0.717, 1.165) is 18.5 Å². The van der Waals surface area contributed by atoms with Crippen LogP contribution in [0.25, 0.3) is 0 Å². The van der Waals surface area contributed by atoms with Gasteiger partial charge in [-0.05, 0) is 36.1 Å². The Morgan fingerprint density at radius 2 is 1.71 bits per heavy atom. The van der Waals surface area contributed by atoms with Gasteiger partial charge in [0.25, 0.3) is 0 Å². The Kier molecular flexibility index (Phi) is 10.4. The monoisotopic (exact) mass is 496 g/mol. The van der Waals surface area contributed by atoms with Crippen molar-refractivity contribution in [3.63, 3.8) is 0 Å². The second kappa shape index (κ2) is 12.2. The van der Waals surface area contributed by atoms with E-state index in [0.29, 0.717) is 30.5 Å². The minimum atomic E-state index is -0.116. The van der Waals surface area contributed by atoms with E-state index in [1.807, 2.05) is 18.2 Å². The number of nitrogens with zero attached hydrogens (tertiary/aromatic N) is 1. The zero-order valence-corrected chi connectivity index (χ0v) is 18.9. The topological polar surface area (TPSA) is 88.7 Å². The van der Waals surface area contributed by atoms with E-state index in [1.165, 1.54) is 18.1 Å². The summed E-state index contributed by atoms with van der Waals surface area (Å²) in [5.74, 6) is 0.934. The fourth-order valence-corrected chi connectivity index (χ4v) is 2.77. The number of aliphatic imine (C=N–C) groups is 1. The van der Waals surface area contributed by atoms with Crippen LogP contribution in [0.15, 0.2) is 47.5 Å². The number of nitrogens with one attached hydrogen (secondary N) is 2. The van der Waals surface area contributed by atoms with Gasteiger partial charge in [-0.2, -0.15) is 0 Å². The smallest absolute Gasteiger partial charge is 0.221 e. The second-order valence-corrected chi connectivity index (χ2v) is 6.11. The standard InChI is InChI=1S/C21H28N4O2.HI/c1-4-16-8-6-9-17(5-2)20(16)25-21(22)23-12-13-27-19-11-7-10-18(14-19)24-15(3)26;/h6-11,14H,4-5,12-13H2,1-3H3,(H,24,26)(H3,22,23,25);1H. The Balaban J connectivity index is 0.00000392. The number of rotatable bonds is 8. The lowest BCUT2D eigenvalue weighted by atomic mass is 10.0. The lowest BCUT2D eigenvalue weighted by Gasteiger charge is -2.15. The number of amides is 1. The maximum Gasteiger partial charge on any atom is 0.221 e. The molecule has 28 heavy (non-hydrogen) atoms. The Bertz CT molecular complexity index is 786. The summed E-state index contributed by atoms with van der Waals surface area (Å²) in [6.07, 6.45) is 1.86. The van der Waals surface area contributed by atoms with Gasteiger partial charge < -0.3 is 21.1 Å². The van der Waals surface area contributed by atoms with Crippen LogP contribution in [0.5, 0.6) is 5.75 Å². The summed E-state index contributed by atoms with van der Waals surface area (Å²) >= 11 is 0. The first-order chi connectivity index (χ1) is 13.0. The van der Waals surface area contributed by atoms with Gasteiger partial charge >= 0.3 is 0 Å². The lowest BCUT2D eigenvalue weighted by Crippen LogP contribution is -2.25. The van der Waals surface area contributed by atoms with Crippen molar-refractivity contribution in [1.82, 2.24) is 0 Å². The highest BCUT2D eigenvalue weighted by molar-refractivity contribution is 14.0. The number of aryl methyl sites for hydroxylation is 2. The number of anilines is 2. The maximum absolute atomic E-state index is 11.1. The van der Waals surface area contributed by atoms with E-state index < -0.39 is 0 Å². The molecule has 0 aliphatic rings. The predicted octanol–water partition coefficient (Wildman–Crippen LogP) is 4.19. The van der Waals surface area contributed by atoms with Crippen molar-refractivity contribution in [1.29, 1.82) is 0 Å². The van der Waals surface area contributed by atoms with Gasteiger partial charge in [0.2, 0.25) is 5.91 Å². The number of para-hydroxylation sites is 1. The first kappa shape index (κ1) is 23.7. The molecule has 0 heterocycles. The Labute approximate surface area is 184 Å². The fraction of sp³-hybridized carbons (Fsp3) is 0.333. The van der Waals surface area contributed by atoms with Crippen molar-refractivity contribution in [3.05, 3.63) is 53.6 Å². The van der Waals surface area contributed by atoms with Crippen LogP contribution in [0.2, 0.25) is 0 Å². The molecule has 0 saturated heterocycles. The first-order valence-corrected chi connectivity index (χ1v) is 9.21. The van der Waals surface area contributed by atoms with Gasteiger partial charge in [0, 0.05) is 24.4 Å². The summed E-state index contributed by atoms with van der Waals surface area (Å²) in [7, 11) is 0. The van der Waals surface area contributed by atoms with Crippen LogP contribution in [-0.2, 0) is 17.6 Å². The van der Waals surface area contributed by atoms with Crippen molar-refractivity contribution < 1.29 is 9.53 Å². The molecule has 0 saturated carbocycles. The summed E-state index contributed by atoms with van der Waals surface area (Å²) < 4.78 is 5.68. The normalized spacial score (nSPS) is 10.8. The number of hydrogen-bond acceptors (Lipinski definition) is 3. The van der Waals surface area contributed by atoms with Crippen LogP contribution in [0, 0.1) is 0 Å². The van der Waals surface area contributed by atoms with E-state index in [-0.39, 0.29) is 29.9 Å². The molecule has 0 aromatic heterocycles. The lowest BCUT2D eigenvalue weighted by molar-refractivity contribution is -0.114. The highest BCUT2D eigenvalue weighted by atomic mass is 127. The van der Waals surface area contributed by atoms with Crippen LogP contribution < -0.4 is 21.1 Å². The Morgan fingerprint density at radius 1 is 1.07 bits per heavy atom. The Morgan fingerprint density at radius 3 is 2.32 bits per heavy atom. The molecule has 0 fully saturated rings. The highest BCUT2D eigenvalue weighted by Crippen LogP contribution is 2.22. The van der Waals surface area contributed by atoms with Crippen LogP contribution in [0.1, 0.15) is 31.9 Å². The minimum absolute atomic E-state index is 0. The van der Waals surface area contributed by atoms with Crippen LogP contribution in [0.4, 0.5) is 11.4 Å². The molecule has 0 atom stereocenters. The number of ether oxygens (including phenoxy) is 1. The van der Waals surface area contributed by atoms with E-state index in [4.69, 9.17) is 10.5 Å². The molecule has 6 nitrogen and oxygen atoms in total. The highest BCUT2D eigenvalue weighted by Gasteiger charge is 2.07. The minimum Gasteiger partial charge on any atom is -0.492 e. The molecule has 7 heteroatoms. The summed E-state index contributed by atoms with van der Waals surface area (Å²) in [6, 6.07) is 13.5. The van der Waals surface area contributed by atoms with Crippen molar-refractivity contribution in [3.8, 4) is 5.75 Å². The molecule has 152 valence electrons. The zero-order chi connectivity index (χ0) is 19.6. The van der Waals surface area contributed by atoms with Gasteiger partial charge in [0.15, 0.2) is 5.96 Å². The molecule has 4 N–H and O–H groups in total. The summed E-state index contributed by atoms with van der Waals surface area (Å²) in [5, 5.41) is 5.96. The molecule has 0 radical (unpaired) electrons. The number of hydrogen-bond donors (Lipinski definition) is 3. The van der Waals surface area contributed by atoms with Crippen molar-refractivity contribution in [2.45, 2.75) is 33.6 Å². The number of carbonyl (C=O) groups excluding carboxylic acids is 1. The average Bonchev–Trinajstić information content (AvgIpc) is 2.65. The van der Waals surface area contributed by atoms with Gasteiger partial charge in [-0.25, -0.2) is 4.99 Å². The van der Waals surface area contributed by atoms with Gasteiger partial charge in [-0.1, -0.05) is 38.1 Å². The van der Waals surface area contributed by atoms with E-state index in [9.17, 15) is 4.79 Å². The molecule has 0 spiro atoms. The molecular formula is C21H29IN4O2. The predicted molar refractivity (Wildman–Crippen MR) is 127 cm³/mol. The van der Waals surface area contributed by atoms with Crippen molar-refractivity contribution in [2.75, 3.05) is 23.8 Å². The molecule has 2 aromatic carbocycles. The van der Waals surface area contributed by atoms with Crippen LogP contribution in [0.3, 0.4) is 0 Å². The summed E-state index contributed by atoms with van der Waals surface area (Å²) in [6.45, 7) is 6.53. The van der Waals surface area contributed by atoms with Gasteiger partial charge in [0.1, 0.15) is 12.4 Å². The van der Waals surface area contributed by atoms with Gasteiger partial charge in [0.05, 0.1) is 6.54 Å². The molecule has 1 amide bonds. The summed E-state index contributed by atoms with van der Waals surface area (Å²) in [4.78, 5) is 15.5. The van der Waals surface area contributed by atoms with Gasteiger partial charge in [-0.3, -0.25) is 4.79 Å². The van der Waals surface area contributed by atoms with Gasteiger partial charge in [-0.15, -0.1) is 24.0 Å². The zero-order valence-electron chi connectivity index (χ0n) is 16.6. The van der Waals surface area contributed by atoms with Crippen LogP contribution >= 0.6 is 24.0 Å². The SMILES string of the molecule is CCc1cccc(CC)c1NC(N)=NCCOc1cccc(NC(C)=O)c1.I. The third kappa shape index (κ3) is 7.38.